The van der Waals surface area contributed by atoms with E-state index in [2.05, 4.69) is 10.4 Å². The molecule has 3 heterocycles. The Morgan fingerprint density at radius 2 is 2.03 bits per heavy atom. The van der Waals surface area contributed by atoms with Crippen LogP contribution < -0.4 is 20.5 Å². The van der Waals surface area contributed by atoms with Crippen molar-refractivity contribution in [2.24, 2.45) is 0 Å². The Kier molecular flexibility index (Phi) is 5.93. The van der Waals surface area contributed by atoms with Crippen LogP contribution in [0.5, 0.6) is 11.5 Å². The zero-order valence-corrected chi connectivity index (χ0v) is 17.3. The Morgan fingerprint density at radius 3 is 2.77 bits per heavy atom. The first-order chi connectivity index (χ1) is 14.6. The summed E-state index contributed by atoms with van der Waals surface area (Å²) in [7, 11) is 1.60. The average Bonchev–Trinajstić information content (AvgIpc) is 3.36. The summed E-state index contributed by atoms with van der Waals surface area (Å²) in [5, 5.41) is 7.47. The van der Waals surface area contributed by atoms with Crippen LogP contribution in [-0.4, -0.2) is 58.9 Å². The number of carbonyl (C=O) groups excluding carboxylic acids is 1. The number of benzene rings is 1. The number of nitrogens with one attached hydrogen (secondary N) is 1. The number of ether oxygens (including phenoxy) is 3. The highest BCUT2D eigenvalue weighted by atomic mass is 16.7. The molecule has 0 bridgehead atoms. The van der Waals surface area contributed by atoms with Crippen LogP contribution in [0.3, 0.4) is 0 Å². The first-order valence-electron chi connectivity index (χ1n) is 10.2. The number of fused-ring (bicyclic) bond motifs is 1. The monoisotopic (exact) mass is 417 g/mol. The number of rotatable bonds is 6. The summed E-state index contributed by atoms with van der Waals surface area (Å²) < 4.78 is 18.9. The smallest absolute Gasteiger partial charge is 0.345 e. The fourth-order valence-electron chi connectivity index (χ4n) is 3.90. The van der Waals surface area contributed by atoms with E-state index in [-0.39, 0.29) is 24.4 Å². The molecule has 10 heteroatoms. The second-order valence-electron chi connectivity index (χ2n) is 7.36. The zero-order valence-electron chi connectivity index (χ0n) is 17.3. The van der Waals surface area contributed by atoms with E-state index in [9.17, 15) is 9.59 Å². The van der Waals surface area contributed by atoms with Crippen molar-refractivity contribution in [2.45, 2.75) is 38.8 Å². The Bertz CT molecular complexity index is 961. The molecule has 1 aromatic carbocycles. The van der Waals surface area contributed by atoms with Crippen molar-refractivity contribution in [3.63, 3.8) is 0 Å². The van der Waals surface area contributed by atoms with Crippen molar-refractivity contribution in [3.05, 3.63) is 34.5 Å². The number of hydrogen-bond donors (Lipinski definition) is 1. The van der Waals surface area contributed by atoms with Gasteiger partial charge in [0.05, 0.1) is 13.2 Å². The van der Waals surface area contributed by atoms with Crippen molar-refractivity contribution < 1.29 is 19.0 Å². The molecule has 2 aliphatic heterocycles. The number of piperidine rings is 1. The molecule has 2 aliphatic rings. The maximum absolute atomic E-state index is 12.7. The lowest BCUT2D eigenvalue weighted by molar-refractivity contribution is 0.174. The summed E-state index contributed by atoms with van der Waals surface area (Å²) in [5.74, 6) is 2.26. The highest BCUT2D eigenvalue weighted by molar-refractivity contribution is 5.89. The van der Waals surface area contributed by atoms with Crippen LogP contribution in [0.15, 0.2) is 23.0 Å². The quantitative estimate of drug-likeness (QED) is 0.770. The third-order valence-corrected chi connectivity index (χ3v) is 5.55. The molecule has 0 radical (unpaired) electrons. The lowest BCUT2D eigenvalue weighted by Gasteiger charge is -2.31. The second-order valence-corrected chi connectivity index (χ2v) is 7.36. The van der Waals surface area contributed by atoms with Gasteiger partial charge in [0.15, 0.2) is 11.5 Å². The summed E-state index contributed by atoms with van der Waals surface area (Å²) in [6, 6.07) is 5.20. The lowest BCUT2D eigenvalue weighted by atomic mass is 9.96. The number of carbonyl (C=O) groups is 1. The lowest BCUT2D eigenvalue weighted by Crippen LogP contribution is -2.41. The second kappa shape index (κ2) is 8.78. The SMILES string of the molecule is CCn1c(C2CCN(C(=O)Nc3ccc4c(c3)OCO4)CC2)nn(CCOC)c1=O. The number of amides is 2. The van der Waals surface area contributed by atoms with Crippen LogP contribution in [0.4, 0.5) is 10.5 Å². The highest BCUT2D eigenvalue weighted by Gasteiger charge is 2.28. The normalized spacial score (nSPS) is 16.1. The molecular weight excluding hydrogens is 390 g/mol. The van der Waals surface area contributed by atoms with Crippen molar-refractivity contribution in [3.8, 4) is 11.5 Å². The molecule has 1 saturated heterocycles. The number of urea groups is 1. The van der Waals surface area contributed by atoms with Crippen molar-refractivity contribution in [1.82, 2.24) is 19.2 Å². The van der Waals surface area contributed by atoms with Crippen molar-refractivity contribution in [1.29, 1.82) is 0 Å². The fourth-order valence-corrected chi connectivity index (χ4v) is 3.90. The summed E-state index contributed by atoms with van der Waals surface area (Å²) in [5.41, 5.74) is 0.565. The Hall–Kier alpha value is -3.01. The van der Waals surface area contributed by atoms with Gasteiger partial charge >= 0.3 is 11.7 Å². The summed E-state index contributed by atoms with van der Waals surface area (Å²) >= 11 is 0. The van der Waals surface area contributed by atoms with Crippen LogP contribution in [-0.2, 0) is 17.8 Å². The predicted molar refractivity (Wildman–Crippen MR) is 109 cm³/mol. The predicted octanol–water partition coefficient (Wildman–Crippen LogP) is 1.85. The maximum Gasteiger partial charge on any atom is 0.345 e. The van der Waals surface area contributed by atoms with Crippen LogP contribution >= 0.6 is 0 Å². The molecule has 0 unspecified atom stereocenters. The van der Waals surface area contributed by atoms with Crippen LogP contribution in [0, 0.1) is 0 Å². The molecule has 4 rings (SSSR count). The molecule has 10 nitrogen and oxygen atoms in total. The molecule has 0 aliphatic carbocycles. The number of methoxy groups -OCH3 is 1. The number of anilines is 1. The number of aromatic nitrogens is 3. The molecular formula is C20H27N5O5. The minimum Gasteiger partial charge on any atom is -0.454 e. The zero-order chi connectivity index (χ0) is 21.1. The van der Waals surface area contributed by atoms with Gasteiger partial charge in [0.2, 0.25) is 6.79 Å². The van der Waals surface area contributed by atoms with E-state index < -0.39 is 0 Å². The van der Waals surface area contributed by atoms with Gasteiger partial charge in [0.1, 0.15) is 5.82 Å². The number of hydrogen-bond acceptors (Lipinski definition) is 6. The van der Waals surface area contributed by atoms with Crippen LogP contribution in [0.2, 0.25) is 0 Å². The number of likely N-dealkylation sites (tertiary alicyclic amines) is 1. The molecule has 1 N–H and O–H groups in total. The third-order valence-electron chi connectivity index (χ3n) is 5.55. The van der Waals surface area contributed by atoms with E-state index in [0.29, 0.717) is 50.0 Å². The topological polar surface area (TPSA) is 99.9 Å². The minimum atomic E-state index is -0.147. The Balaban J connectivity index is 1.38. The third kappa shape index (κ3) is 4.00. The van der Waals surface area contributed by atoms with E-state index in [4.69, 9.17) is 14.2 Å². The molecule has 0 saturated carbocycles. The number of nitrogens with zero attached hydrogens (tertiary/aromatic N) is 4. The van der Waals surface area contributed by atoms with Gasteiger partial charge in [0.25, 0.3) is 0 Å². The average molecular weight is 417 g/mol. The Labute approximate surface area is 174 Å². The molecule has 1 fully saturated rings. The van der Waals surface area contributed by atoms with Gasteiger partial charge in [-0.2, -0.15) is 5.10 Å². The maximum atomic E-state index is 12.7. The fraction of sp³-hybridized carbons (Fsp3) is 0.550. The van der Waals surface area contributed by atoms with Gasteiger partial charge in [-0.25, -0.2) is 14.3 Å². The van der Waals surface area contributed by atoms with Crippen molar-refractivity contribution >= 4 is 11.7 Å². The molecule has 0 atom stereocenters. The largest absolute Gasteiger partial charge is 0.454 e. The molecule has 2 amide bonds. The van der Waals surface area contributed by atoms with E-state index in [1.54, 1.807) is 34.8 Å². The minimum absolute atomic E-state index is 0.104. The van der Waals surface area contributed by atoms with Crippen LogP contribution in [0.1, 0.15) is 31.5 Å². The van der Waals surface area contributed by atoms with Gasteiger partial charge in [-0.05, 0) is 31.9 Å². The molecule has 1 aromatic heterocycles. The molecule has 30 heavy (non-hydrogen) atoms. The molecule has 0 spiro atoms. The molecule has 162 valence electrons. The van der Waals surface area contributed by atoms with Gasteiger partial charge in [-0.1, -0.05) is 0 Å². The first kappa shape index (κ1) is 20.3. The first-order valence-corrected chi connectivity index (χ1v) is 10.2. The summed E-state index contributed by atoms with van der Waals surface area (Å²) in [6.07, 6.45) is 1.52. The highest BCUT2D eigenvalue weighted by Crippen LogP contribution is 2.34. The van der Waals surface area contributed by atoms with E-state index in [0.717, 1.165) is 18.7 Å². The molecule has 2 aromatic rings. The van der Waals surface area contributed by atoms with Gasteiger partial charge < -0.3 is 24.4 Å². The standard InChI is InChI=1S/C20H27N5O5/c1-3-24-18(22-25(20(24)27)10-11-28-2)14-6-8-23(9-7-14)19(26)21-15-4-5-16-17(12-15)30-13-29-16/h4-5,12,14H,3,6-11,13H2,1-2H3,(H,21,26). The Morgan fingerprint density at radius 1 is 1.27 bits per heavy atom. The van der Waals surface area contributed by atoms with Crippen molar-refractivity contribution in [2.75, 3.05) is 38.9 Å². The van der Waals surface area contributed by atoms with Gasteiger partial charge in [-0.3, -0.25) is 4.57 Å². The van der Waals surface area contributed by atoms with E-state index in [1.165, 1.54) is 4.68 Å². The van der Waals surface area contributed by atoms with Crippen LogP contribution in [0.25, 0.3) is 0 Å². The van der Waals surface area contributed by atoms with Gasteiger partial charge in [-0.15, -0.1) is 0 Å². The van der Waals surface area contributed by atoms with E-state index in [1.807, 2.05) is 6.92 Å². The summed E-state index contributed by atoms with van der Waals surface area (Å²) in [4.78, 5) is 27.0. The van der Waals surface area contributed by atoms with Gasteiger partial charge in [0, 0.05) is 44.4 Å². The van der Waals surface area contributed by atoms with E-state index >= 15 is 0 Å². The summed E-state index contributed by atoms with van der Waals surface area (Å²) in [6.45, 7) is 4.80.